The van der Waals surface area contributed by atoms with Gasteiger partial charge in [0, 0.05) is 17.3 Å². The van der Waals surface area contributed by atoms with E-state index in [9.17, 15) is 13.2 Å². The number of benzene rings is 1. The Kier molecular flexibility index (Phi) is 5.92. The van der Waals surface area contributed by atoms with E-state index >= 15 is 0 Å². The molecule has 1 aromatic carbocycles. The first-order valence-electron chi connectivity index (χ1n) is 7.50. The highest BCUT2D eigenvalue weighted by molar-refractivity contribution is 7.89. The summed E-state index contributed by atoms with van der Waals surface area (Å²) in [6.45, 7) is 3.85. The van der Waals surface area contributed by atoms with Gasteiger partial charge in [0.1, 0.15) is 5.75 Å². The first-order chi connectivity index (χ1) is 11.8. The zero-order valence-corrected chi connectivity index (χ0v) is 15.0. The van der Waals surface area contributed by atoms with Gasteiger partial charge in [-0.3, -0.25) is 4.79 Å². The third kappa shape index (κ3) is 5.15. The van der Waals surface area contributed by atoms with Gasteiger partial charge >= 0.3 is 5.91 Å². The van der Waals surface area contributed by atoms with E-state index in [0.717, 1.165) is 0 Å². The van der Waals surface area contributed by atoms with Crippen LogP contribution in [0, 0.1) is 6.92 Å². The predicted octanol–water partition coefficient (Wildman–Crippen LogP) is 1.45. The summed E-state index contributed by atoms with van der Waals surface area (Å²) in [5.41, 5.74) is 0.934. The number of nitrogens with zero attached hydrogens (tertiary/aromatic N) is 2. The second kappa shape index (κ2) is 7.93. The second-order valence-electron chi connectivity index (χ2n) is 5.11. The van der Waals surface area contributed by atoms with E-state index in [-0.39, 0.29) is 11.7 Å². The topological polar surface area (TPSA) is 107 Å². The molecular formula is C16H19N3O5S. The summed E-state index contributed by atoms with van der Waals surface area (Å²) in [5.74, 6) is -0.972. The highest BCUT2D eigenvalue weighted by Crippen LogP contribution is 2.20. The van der Waals surface area contributed by atoms with E-state index < -0.39 is 21.7 Å². The lowest BCUT2D eigenvalue weighted by Gasteiger charge is -2.11. The summed E-state index contributed by atoms with van der Waals surface area (Å²) >= 11 is 0. The fourth-order valence-electron chi connectivity index (χ4n) is 2.09. The summed E-state index contributed by atoms with van der Waals surface area (Å²) in [4.78, 5) is 20.0. The van der Waals surface area contributed by atoms with E-state index in [0.29, 0.717) is 23.6 Å². The van der Waals surface area contributed by atoms with Crippen LogP contribution in [-0.2, 0) is 15.8 Å². The molecule has 1 aromatic heterocycles. The van der Waals surface area contributed by atoms with Crippen LogP contribution >= 0.6 is 0 Å². The molecule has 0 bridgehead atoms. The second-order valence-corrected chi connectivity index (χ2v) is 6.83. The minimum absolute atomic E-state index is 0.178. The van der Waals surface area contributed by atoms with Gasteiger partial charge in [-0.2, -0.15) is 4.98 Å². The van der Waals surface area contributed by atoms with Crippen molar-refractivity contribution in [2.45, 2.75) is 19.6 Å². The van der Waals surface area contributed by atoms with Crippen molar-refractivity contribution in [3.05, 3.63) is 47.4 Å². The Balaban J connectivity index is 2.19. The largest absolute Gasteiger partial charge is 0.494 e. The average Bonchev–Trinajstić information content (AvgIpc) is 2.55. The molecule has 1 heterocycles. The Morgan fingerprint density at radius 1 is 1.24 bits per heavy atom. The molecule has 0 radical (unpaired) electrons. The number of carbonyl (C=O) groups excluding carboxylic acids is 1. The highest BCUT2D eigenvalue weighted by atomic mass is 32.2. The Morgan fingerprint density at radius 2 is 1.96 bits per heavy atom. The van der Waals surface area contributed by atoms with Crippen LogP contribution in [0.1, 0.15) is 28.8 Å². The standard InChI is InChI=1S/C16H19N3O5S/c1-4-24-13-8-6-5-7-12(13)10-25(21,22)19-16(20)15-17-11(2)9-14(18-15)23-3/h5-9H,4,10H2,1-3H3,(H,19,20). The molecule has 2 rings (SSSR count). The van der Waals surface area contributed by atoms with Crippen molar-refractivity contribution < 1.29 is 22.7 Å². The molecule has 1 N–H and O–H groups in total. The Morgan fingerprint density at radius 3 is 2.64 bits per heavy atom. The SMILES string of the molecule is CCOc1ccccc1CS(=O)(=O)NC(=O)c1nc(C)cc(OC)n1. The number of nitrogens with one attached hydrogen (secondary N) is 1. The molecule has 0 saturated carbocycles. The number of aryl methyl sites for hydroxylation is 1. The van der Waals surface area contributed by atoms with Crippen molar-refractivity contribution >= 4 is 15.9 Å². The smallest absolute Gasteiger partial charge is 0.302 e. The normalized spacial score (nSPS) is 11.0. The van der Waals surface area contributed by atoms with Crippen LogP contribution in [-0.4, -0.2) is 38.0 Å². The average molecular weight is 365 g/mol. The van der Waals surface area contributed by atoms with E-state index in [4.69, 9.17) is 9.47 Å². The maximum absolute atomic E-state index is 12.3. The third-order valence-corrected chi connectivity index (χ3v) is 4.30. The van der Waals surface area contributed by atoms with Crippen molar-refractivity contribution in [1.82, 2.24) is 14.7 Å². The third-order valence-electron chi connectivity index (χ3n) is 3.11. The van der Waals surface area contributed by atoms with Gasteiger partial charge < -0.3 is 9.47 Å². The fourth-order valence-corrected chi connectivity index (χ4v) is 3.19. The molecular weight excluding hydrogens is 346 g/mol. The molecule has 134 valence electrons. The van der Waals surface area contributed by atoms with Crippen LogP contribution in [0.25, 0.3) is 0 Å². The van der Waals surface area contributed by atoms with Crippen LogP contribution in [0.5, 0.6) is 11.6 Å². The lowest BCUT2D eigenvalue weighted by Crippen LogP contribution is -2.33. The van der Waals surface area contributed by atoms with Crippen LogP contribution in [0.2, 0.25) is 0 Å². The van der Waals surface area contributed by atoms with Gasteiger partial charge in [-0.05, 0) is 19.9 Å². The van der Waals surface area contributed by atoms with Crippen LogP contribution in [0.4, 0.5) is 0 Å². The Labute approximate surface area is 146 Å². The van der Waals surface area contributed by atoms with Crippen LogP contribution in [0.3, 0.4) is 0 Å². The number of para-hydroxylation sites is 1. The molecule has 0 aliphatic heterocycles. The van der Waals surface area contributed by atoms with Gasteiger partial charge in [-0.25, -0.2) is 18.1 Å². The molecule has 0 spiro atoms. The molecule has 8 nitrogen and oxygen atoms in total. The van der Waals surface area contributed by atoms with Gasteiger partial charge in [0.25, 0.3) is 0 Å². The predicted molar refractivity (Wildman–Crippen MR) is 91.0 cm³/mol. The quantitative estimate of drug-likeness (QED) is 0.791. The molecule has 9 heteroatoms. The number of carbonyl (C=O) groups is 1. The maximum Gasteiger partial charge on any atom is 0.302 e. The van der Waals surface area contributed by atoms with Crippen molar-refractivity contribution in [3.8, 4) is 11.6 Å². The molecule has 0 aliphatic rings. The molecule has 2 aromatic rings. The molecule has 0 unspecified atom stereocenters. The van der Waals surface area contributed by atoms with Crippen molar-refractivity contribution in [3.63, 3.8) is 0 Å². The number of amides is 1. The van der Waals surface area contributed by atoms with E-state index in [1.165, 1.54) is 13.2 Å². The molecule has 0 saturated heterocycles. The van der Waals surface area contributed by atoms with Crippen LogP contribution < -0.4 is 14.2 Å². The first-order valence-corrected chi connectivity index (χ1v) is 9.15. The van der Waals surface area contributed by atoms with Gasteiger partial charge in [0.15, 0.2) is 0 Å². The molecule has 0 aliphatic carbocycles. The molecule has 0 fully saturated rings. The Hall–Kier alpha value is -2.68. The lowest BCUT2D eigenvalue weighted by molar-refractivity contribution is 0.0970. The highest BCUT2D eigenvalue weighted by Gasteiger charge is 2.21. The molecule has 1 amide bonds. The number of hydrogen-bond donors (Lipinski definition) is 1. The van der Waals surface area contributed by atoms with Crippen molar-refractivity contribution in [1.29, 1.82) is 0 Å². The van der Waals surface area contributed by atoms with Gasteiger partial charge in [0.2, 0.25) is 21.7 Å². The molecule has 0 atom stereocenters. The summed E-state index contributed by atoms with van der Waals surface area (Å²) in [6, 6.07) is 8.27. The lowest BCUT2D eigenvalue weighted by atomic mass is 10.2. The van der Waals surface area contributed by atoms with Crippen molar-refractivity contribution in [2.75, 3.05) is 13.7 Å². The monoisotopic (exact) mass is 365 g/mol. The Bertz CT molecular complexity index is 868. The van der Waals surface area contributed by atoms with Gasteiger partial charge in [-0.15, -0.1) is 0 Å². The summed E-state index contributed by atoms with van der Waals surface area (Å²) in [6.07, 6.45) is 0. The minimum Gasteiger partial charge on any atom is -0.494 e. The van der Waals surface area contributed by atoms with Crippen molar-refractivity contribution in [2.24, 2.45) is 0 Å². The number of methoxy groups -OCH3 is 1. The summed E-state index contributed by atoms with van der Waals surface area (Å²) in [5, 5.41) is 0. The summed E-state index contributed by atoms with van der Waals surface area (Å²) < 4.78 is 36.9. The minimum atomic E-state index is -3.96. The van der Waals surface area contributed by atoms with Gasteiger partial charge in [-0.1, -0.05) is 18.2 Å². The number of aromatic nitrogens is 2. The number of ether oxygens (including phenoxy) is 2. The fraction of sp³-hybridized carbons (Fsp3) is 0.312. The zero-order valence-electron chi connectivity index (χ0n) is 14.1. The maximum atomic E-state index is 12.3. The summed E-state index contributed by atoms with van der Waals surface area (Å²) in [7, 11) is -2.56. The van der Waals surface area contributed by atoms with Crippen LogP contribution in [0.15, 0.2) is 30.3 Å². The number of sulfonamides is 1. The van der Waals surface area contributed by atoms with Gasteiger partial charge in [0.05, 0.1) is 19.5 Å². The zero-order chi connectivity index (χ0) is 18.4. The van der Waals surface area contributed by atoms with E-state index in [2.05, 4.69) is 9.97 Å². The van der Waals surface area contributed by atoms with E-state index in [1.54, 1.807) is 38.1 Å². The number of hydrogen-bond acceptors (Lipinski definition) is 7. The molecule has 25 heavy (non-hydrogen) atoms. The first kappa shape index (κ1) is 18.7. The van der Waals surface area contributed by atoms with E-state index in [1.807, 2.05) is 4.72 Å². The number of rotatable bonds is 7.